The number of amides is 1. The van der Waals surface area contributed by atoms with Crippen molar-refractivity contribution in [3.05, 3.63) is 56.4 Å². The maximum Gasteiger partial charge on any atom is 0.255 e. The SMILES string of the molecule is Cc1cc(C(=O)Nc2ccc(I)cc2)cc(Cl)n1. The first-order valence-corrected chi connectivity index (χ1v) is 6.71. The molecule has 92 valence electrons. The largest absolute Gasteiger partial charge is 0.322 e. The third-order valence-electron chi connectivity index (χ3n) is 2.29. The zero-order valence-electron chi connectivity index (χ0n) is 9.58. The Balaban J connectivity index is 2.19. The van der Waals surface area contributed by atoms with E-state index in [9.17, 15) is 4.79 Å². The van der Waals surface area contributed by atoms with Gasteiger partial charge in [0.25, 0.3) is 5.91 Å². The lowest BCUT2D eigenvalue weighted by atomic mass is 10.2. The number of nitrogens with one attached hydrogen (secondary N) is 1. The number of carbonyl (C=O) groups excluding carboxylic acids is 1. The monoisotopic (exact) mass is 372 g/mol. The number of aromatic nitrogens is 1. The molecular formula is C13H10ClIN2O. The number of rotatable bonds is 2. The molecule has 3 nitrogen and oxygen atoms in total. The van der Waals surface area contributed by atoms with E-state index in [1.54, 1.807) is 19.1 Å². The Morgan fingerprint density at radius 1 is 1.28 bits per heavy atom. The van der Waals surface area contributed by atoms with Crippen LogP contribution in [-0.2, 0) is 0 Å². The molecule has 5 heteroatoms. The molecule has 0 aliphatic carbocycles. The average molecular weight is 373 g/mol. The van der Waals surface area contributed by atoms with Crippen LogP contribution in [0.15, 0.2) is 36.4 Å². The Kier molecular flexibility index (Phi) is 4.19. The molecule has 0 aliphatic heterocycles. The lowest BCUT2D eigenvalue weighted by molar-refractivity contribution is 0.102. The Morgan fingerprint density at radius 3 is 2.56 bits per heavy atom. The van der Waals surface area contributed by atoms with Crippen molar-refractivity contribution in [1.29, 1.82) is 0 Å². The molecule has 1 aromatic heterocycles. The summed E-state index contributed by atoms with van der Waals surface area (Å²) in [4.78, 5) is 16.0. The third-order valence-corrected chi connectivity index (χ3v) is 3.20. The van der Waals surface area contributed by atoms with Crippen molar-refractivity contribution in [2.24, 2.45) is 0 Å². The van der Waals surface area contributed by atoms with E-state index in [1.807, 2.05) is 24.3 Å². The third kappa shape index (κ3) is 3.43. The number of nitrogens with zero attached hydrogens (tertiary/aromatic N) is 1. The molecule has 0 unspecified atom stereocenters. The van der Waals surface area contributed by atoms with Crippen LogP contribution in [0, 0.1) is 10.5 Å². The van der Waals surface area contributed by atoms with Gasteiger partial charge in [0.1, 0.15) is 5.15 Å². The van der Waals surface area contributed by atoms with Crippen molar-refractivity contribution >= 4 is 45.8 Å². The zero-order chi connectivity index (χ0) is 13.1. The Hall–Kier alpha value is -1.14. The molecule has 0 spiro atoms. The van der Waals surface area contributed by atoms with Crippen molar-refractivity contribution in [3.8, 4) is 0 Å². The second kappa shape index (κ2) is 5.67. The molecule has 0 fully saturated rings. The minimum atomic E-state index is -0.191. The molecule has 1 heterocycles. The van der Waals surface area contributed by atoms with Crippen LogP contribution in [0.2, 0.25) is 5.15 Å². The normalized spacial score (nSPS) is 10.2. The molecule has 1 aromatic carbocycles. The van der Waals surface area contributed by atoms with Gasteiger partial charge < -0.3 is 5.32 Å². The van der Waals surface area contributed by atoms with Gasteiger partial charge in [0.2, 0.25) is 0 Å². The lowest BCUT2D eigenvalue weighted by Gasteiger charge is -2.06. The summed E-state index contributed by atoms with van der Waals surface area (Å²) in [5, 5.41) is 3.13. The van der Waals surface area contributed by atoms with Crippen molar-refractivity contribution in [2.75, 3.05) is 5.32 Å². The summed E-state index contributed by atoms with van der Waals surface area (Å²) in [6.07, 6.45) is 0. The molecule has 1 amide bonds. The first kappa shape index (κ1) is 13.3. The second-order valence-electron chi connectivity index (χ2n) is 3.78. The summed E-state index contributed by atoms with van der Waals surface area (Å²) in [6, 6.07) is 10.8. The summed E-state index contributed by atoms with van der Waals surface area (Å²) < 4.78 is 1.12. The summed E-state index contributed by atoms with van der Waals surface area (Å²) in [5.74, 6) is -0.191. The Bertz CT molecular complexity index is 564. The molecule has 0 bridgehead atoms. The second-order valence-corrected chi connectivity index (χ2v) is 5.41. The van der Waals surface area contributed by atoms with Gasteiger partial charge in [0.05, 0.1) is 0 Å². The van der Waals surface area contributed by atoms with E-state index in [-0.39, 0.29) is 5.91 Å². The van der Waals surface area contributed by atoms with Crippen molar-refractivity contribution in [3.63, 3.8) is 0 Å². The molecule has 2 aromatic rings. The highest BCUT2D eigenvalue weighted by Crippen LogP contribution is 2.15. The van der Waals surface area contributed by atoms with Crippen LogP contribution in [0.1, 0.15) is 16.1 Å². The topological polar surface area (TPSA) is 42.0 Å². The van der Waals surface area contributed by atoms with Crippen LogP contribution in [0.5, 0.6) is 0 Å². The van der Waals surface area contributed by atoms with Gasteiger partial charge >= 0.3 is 0 Å². The van der Waals surface area contributed by atoms with Crippen LogP contribution in [-0.4, -0.2) is 10.9 Å². The number of pyridine rings is 1. The van der Waals surface area contributed by atoms with Crippen LogP contribution < -0.4 is 5.32 Å². The van der Waals surface area contributed by atoms with Gasteiger partial charge in [-0.3, -0.25) is 4.79 Å². The molecular weight excluding hydrogens is 363 g/mol. The van der Waals surface area contributed by atoms with Gasteiger partial charge in [-0.05, 0) is 65.9 Å². The highest BCUT2D eigenvalue weighted by atomic mass is 127. The highest BCUT2D eigenvalue weighted by Gasteiger charge is 2.08. The van der Waals surface area contributed by atoms with E-state index in [1.165, 1.54) is 0 Å². The van der Waals surface area contributed by atoms with Gasteiger partial charge in [-0.15, -0.1) is 0 Å². The minimum absolute atomic E-state index is 0.191. The number of anilines is 1. The molecule has 0 saturated carbocycles. The molecule has 1 N–H and O–H groups in total. The maximum atomic E-state index is 12.0. The number of hydrogen-bond donors (Lipinski definition) is 1. The summed E-state index contributed by atoms with van der Waals surface area (Å²) in [6.45, 7) is 1.80. The predicted octanol–water partition coefficient (Wildman–Crippen LogP) is 3.90. The van der Waals surface area contributed by atoms with E-state index in [0.717, 1.165) is 15.0 Å². The quantitative estimate of drug-likeness (QED) is 0.642. The smallest absolute Gasteiger partial charge is 0.255 e. The molecule has 0 aliphatic rings. The molecule has 2 rings (SSSR count). The summed E-state index contributed by atoms with van der Waals surface area (Å²) in [7, 11) is 0. The van der Waals surface area contributed by atoms with Gasteiger partial charge in [0, 0.05) is 20.5 Å². The highest BCUT2D eigenvalue weighted by molar-refractivity contribution is 14.1. The fraction of sp³-hybridized carbons (Fsp3) is 0.0769. The standard InChI is InChI=1S/C13H10ClIN2O/c1-8-6-9(7-12(14)16-8)13(18)17-11-4-2-10(15)3-5-11/h2-7H,1H3,(H,17,18). The molecule has 18 heavy (non-hydrogen) atoms. The lowest BCUT2D eigenvalue weighted by Crippen LogP contribution is -2.12. The van der Waals surface area contributed by atoms with Crippen molar-refractivity contribution < 1.29 is 4.79 Å². The number of benzene rings is 1. The van der Waals surface area contributed by atoms with E-state index < -0.39 is 0 Å². The van der Waals surface area contributed by atoms with Crippen molar-refractivity contribution in [1.82, 2.24) is 4.98 Å². The van der Waals surface area contributed by atoms with E-state index >= 15 is 0 Å². The van der Waals surface area contributed by atoms with E-state index in [4.69, 9.17) is 11.6 Å². The first-order chi connectivity index (χ1) is 8.54. The van der Waals surface area contributed by atoms with Gasteiger partial charge in [0.15, 0.2) is 0 Å². The van der Waals surface area contributed by atoms with Crippen LogP contribution >= 0.6 is 34.2 Å². The Morgan fingerprint density at radius 2 is 1.94 bits per heavy atom. The number of aryl methyl sites for hydroxylation is 1. The van der Waals surface area contributed by atoms with Gasteiger partial charge in [-0.1, -0.05) is 11.6 Å². The van der Waals surface area contributed by atoms with Crippen molar-refractivity contribution in [2.45, 2.75) is 6.92 Å². The fourth-order valence-corrected chi connectivity index (χ4v) is 2.11. The molecule has 0 saturated heterocycles. The Labute approximate surface area is 124 Å². The van der Waals surface area contributed by atoms with Crippen LogP contribution in [0.4, 0.5) is 5.69 Å². The first-order valence-electron chi connectivity index (χ1n) is 5.26. The van der Waals surface area contributed by atoms with Crippen LogP contribution in [0.25, 0.3) is 0 Å². The number of halogens is 2. The molecule has 0 atom stereocenters. The van der Waals surface area contributed by atoms with E-state index in [2.05, 4.69) is 32.9 Å². The predicted molar refractivity (Wildman–Crippen MR) is 81.1 cm³/mol. The summed E-state index contributed by atoms with van der Waals surface area (Å²) in [5.41, 5.74) is 1.98. The maximum absolute atomic E-state index is 12.0. The average Bonchev–Trinajstić information content (AvgIpc) is 2.31. The van der Waals surface area contributed by atoms with Gasteiger partial charge in [-0.25, -0.2) is 4.98 Å². The fourth-order valence-electron chi connectivity index (χ4n) is 1.50. The van der Waals surface area contributed by atoms with Crippen LogP contribution in [0.3, 0.4) is 0 Å². The number of carbonyl (C=O) groups is 1. The van der Waals surface area contributed by atoms with E-state index in [0.29, 0.717) is 10.7 Å². The van der Waals surface area contributed by atoms with Gasteiger partial charge in [-0.2, -0.15) is 0 Å². The summed E-state index contributed by atoms with van der Waals surface area (Å²) >= 11 is 8.04. The number of hydrogen-bond acceptors (Lipinski definition) is 2. The zero-order valence-corrected chi connectivity index (χ0v) is 12.5. The molecule has 0 radical (unpaired) electrons. The minimum Gasteiger partial charge on any atom is -0.322 e.